The van der Waals surface area contributed by atoms with Gasteiger partial charge in [0.1, 0.15) is 11.9 Å². The van der Waals surface area contributed by atoms with Gasteiger partial charge >= 0.3 is 0 Å². The predicted molar refractivity (Wildman–Crippen MR) is 152 cm³/mol. The third-order valence-corrected chi connectivity index (χ3v) is 8.00. The van der Waals surface area contributed by atoms with Gasteiger partial charge in [-0.15, -0.1) is 11.3 Å². The second kappa shape index (κ2) is 12.1. The van der Waals surface area contributed by atoms with Gasteiger partial charge < -0.3 is 20.5 Å². The smallest absolute Gasteiger partial charge is 0.249 e. The third kappa shape index (κ3) is 5.64. The minimum Gasteiger partial charge on any atom is -0.768 e. The lowest BCUT2D eigenvalue weighted by molar-refractivity contribution is -0.118. The molecule has 2 aliphatic rings. The molecule has 3 N–H and O–H groups in total. The van der Waals surface area contributed by atoms with Crippen LogP contribution in [-0.2, 0) is 22.3 Å². The predicted octanol–water partition coefficient (Wildman–Crippen LogP) is 6.10. The minimum atomic E-state index is -2.29. The molecular formula is C27H27ClFN4O3S2-. The van der Waals surface area contributed by atoms with Gasteiger partial charge in [-0.05, 0) is 83.1 Å². The number of halogens is 2. The van der Waals surface area contributed by atoms with Crippen LogP contribution < -0.4 is 16.0 Å². The van der Waals surface area contributed by atoms with E-state index in [0.29, 0.717) is 18.7 Å². The molecule has 38 heavy (non-hydrogen) atoms. The normalized spacial score (nSPS) is 16.9. The number of carbonyl (C=O) groups is 1. The minimum absolute atomic E-state index is 0. The summed E-state index contributed by atoms with van der Waals surface area (Å²) in [5.74, 6) is -0.445. The average molecular weight is 574 g/mol. The number of benzene rings is 3. The van der Waals surface area contributed by atoms with E-state index in [1.165, 1.54) is 18.2 Å². The van der Waals surface area contributed by atoms with Crippen molar-refractivity contribution >= 4 is 51.3 Å². The van der Waals surface area contributed by atoms with E-state index in [9.17, 15) is 17.9 Å². The lowest BCUT2D eigenvalue weighted by Crippen LogP contribution is -2.41. The molecule has 7 nitrogen and oxygen atoms in total. The lowest BCUT2D eigenvalue weighted by atomic mass is 9.98. The van der Waals surface area contributed by atoms with Crippen LogP contribution in [-0.4, -0.2) is 38.8 Å². The van der Waals surface area contributed by atoms with Crippen LogP contribution in [0.3, 0.4) is 0 Å². The Balaban J connectivity index is 0.000000542. The monoisotopic (exact) mass is 573 g/mol. The van der Waals surface area contributed by atoms with Crippen molar-refractivity contribution in [2.75, 3.05) is 22.9 Å². The second-order valence-electron chi connectivity index (χ2n) is 8.57. The highest BCUT2D eigenvalue weighted by Gasteiger charge is 2.39. The molecule has 0 spiro atoms. The molecule has 4 aromatic rings. The third-order valence-electron chi connectivity index (χ3n) is 6.54. The van der Waals surface area contributed by atoms with E-state index in [-0.39, 0.29) is 29.4 Å². The number of aromatic nitrogens is 1. The van der Waals surface area contributed by atoms with Crippen molar-refractivity contribution in [3.05, 3.63) is 94.2 Å². The first kappa shape index (κ1) is 27.9. The number of anilines is 2. The molecule has 0 aliphatic carbocycles. The Morgan fingerprint density at radius 3 is 2.55 bits per heavy atom. The van der Waals surface area contributed by atoms with Crippen molar-refractivity contribution in [1.29, 1.82) is 0 Å². The zero-order valence-electron chi connectivity index (χ0n) is 20.3. The van der Waals surface area contributed by atoms with E-state index in [0.717, 1.165) is 35.3 Å². The van der Waals surface area contributed by atoms with Gasteiger partial charge in [0.25, 0.3) is 0 Å². The Kier molecular flexibility index (Phi) is 8.91. The summed E-state index contributed by atoms with van der Waals surface area (Å²) in [7, 11) is 0. The van der Waals surface area contributed by atoms with E-state index in [2.05, 4.69) is 9.88 Å². The van der Waals surface area contributed by atoms with Gasteiger partial charge in [-0.2, -0.15) is 0 Å². The number of hydrogen-bond acceptors (Lipinski definition) is 7. The summed E-state index contributed by atoms with van der Waals surface area (Å²) in [5.41, 5.74) is 6.48. The summed E-state index contributed by atoms with van der Waals surface area (Å²) in [6.45, 7) is 1.29. The van der Waals surface area contributed by atoms with Crippen molar-refractivity contribution < 1.29 is 19.4 Å². The Morgan fingerprint density at radius 1 is 1.13 bits per heavy atom. The molecule has 6 rings (SSSR count). The molecule has 200 valence electrons. The van der Waals surface area contributed by atoms with Crippen LogP contribution in [0.4, 0.5) is 15.8 Å². The van der Waals surface area contributed by atoms with Crippen LogP contribution in [0, 0.1) is 5.82 Å². The lowest BCUT2D eigenvalue weighted by Gasteiger charge is -2.26. The SMILES string of the molecule is N.O=C1[C@@H](N2CCc3c(-c4ccc(F)c(Cl)c4)cccc32)CCN1c1ccc(S(=O)[O-])cc1.[HH].c1cscn1. The summed E-state index contributed by atoms with van der Waals surface area (Å²) in [5, 5.41) is 2.02. The standard InChI is InChI=1S/C24H20ClFN2O3S.C3H3NS.H3N.H2/c25-20-14-15(4-9-21(20)26)18-2-1-3-22-19(18)10-12-28(22)23-11-13-27(24(23)29)16-5-7-17(8-6-16)32(30)31;1-2-5-3-4-1;;/h1-9,14,23H,10-13H2,(H,30,31);1-3H;1H3;1H/p-1/t23-;;;/m0.../s1. The van der Waals surface area contributed by atoms with Crippen LogP contribution in [0.5, 0.6) is 0 Å². The highest BCUT2D eigenvalue weighted by molar-refractivity contribution is 7.79. The van der Waals surface area contributed by atoms with Crippen LogP contribution in [0.1, 0.15) is 13.4 Å². The van der Waals surface area contributed by atoms with Gasteiger partial charge in [0.2, 0.25) is 5.91 Å². The molecule has 2 aliphatic heterocycles. The number of thiazole rings is 1. The number of carbonyl (C=O) groups excluding carboxylic acids is 1. The largest absolute Gasteiger partial charge is 0.768 e. The van der Waals surface area contributed by atoms with Crippen molar-refractivity contribution in [2.45, 2.75) is 23.8 Å². The molecule has 0 bridgehead atoms. The van der Waals surface area contributed by atoms with E-state index in [4.69, 9.17) is 11.6 Å². The fraction of sp³-hybridized carbons (Fsp3) is 0.185. The van der Waals surface area contributed by atoms with E-state index in [1.807, 2.05) is 23.6 Å². The maximum atomic E-state index is 13.6. The maximum Gasteiger partial charge on any atom is 0.249 e. The van der Waals surface area contributed by atoms with Gasteiger partial charge in [-0.3, -0.25) is 14.0 Å². The van der Waals surface area contributed by atoms with Gasteiger partial charge in [0, 0.05) is 42.4 Å². The van der Waals surface area contributed by atoms with Crippen molar-refractivity contribution in [3.8, 4) is 11.1 Å². The summed E-state index contributed by atoms with van der Waals surface area (Å²) in [4.78, 5) is 21.1. The molecule has 1 aromatic heterocycles. The van der Waals surface area contributed by atoms with Gasteiger partial charge in [-0.1, -0.05) is 29.8 Å². The summed E-state index contributed by atoms with van der Waals surface area (Å²) < 4.78 is 35.8. The molecular weight excluding hydrogens is 547 g/mol. The molecule has 11 heteroatoms. The second-order valence-corrected chi connectivity index (χ2v) is 10.7. The molecule has 1 saturated heterocycles. The van der Waals surface area contributed by atoms with Crippen molar-refractivity contribution in [1.82, 2.24) is 11.1 Å². The fourth-order valence-corrected chi connectivity index (χ4v) is 5.73. The zero-order chi connectivity index (χ0) is 25.9. The van der Waals surface area contributed by atoms with Gasteiger partial charge in [-0.25, -0.2) is 4.39 Å². The Morgan fingerprint density at radius 2 is 1.92 bits per heavy atom. The molecule has 1 fully saturated rings. The molecule has 3 aromatic carbocycles. The molecule has 0 saturated carbocycles. The highest BCUT2D eigenvalue weighted by Crippen LogP contribution is 2.40. The number of rotatable bonds is 4. The molecule has 3 heterocycles. The first-order valence-electron chi connectivity index (χ1n) is 11.6. The Hall–Kier alpha value is -3.15. The van der Waals surface area contributed by atoms with E-state index in [1.54, 1.807) is 52.2 Å². The molecule has 1 unspecified atom stereocenters. The van der Waals surface area contributed by atoms with E-state index < -0.39 is 16.9 Å². The van der Waals surface area contributed by atoms with Gasteiger partial charge in [0.05, 0.1) is 10.5 Å². The highest BCUT2D eigenvalue weighted by atomic mass is 35.5. The van der Waals surface area contributed by atoms with Crippen LogP contribution in [0.15, 0.2) is 82.6 Å². The zero-order valence-corrected chi connectivity index (χ0v) is 22.6. The quantitative estimate of drug-likeness (QED) is 0.295. The topological polar surface area (TPSA) is 112 Å². The van der Waals surface area contributed by atoms with Gasteiger partial charge in [0.15, 0.2) is 0 Å². The summed E-state index contributed by atoms with van der Waals surface area (Å²) >= 11 is 5.31. The summed E-state index contributed by atoms with van der Waals surface area (Å²) in [6, 6.07) is 16.8. The Bertz CT molecular complexity index is 1430. The van der Waals surface area contributed by atoms with Crippen LogP contribution >= 0.6 is 22.9 Å². The number of hydrogen-bond donors (Lipinski definition) is 1. The van der Waals surface area contributed by atoms with Crippen molar-refractivity contribution in [2.24, 2.45) is 0 Å². The van der Waals surface area contributed by atoms with Crippen LogP contribution in [0.2, 0.25) is 5.02 Å². The number of fused-ring (bicyclic) bond motifs is 1. The number of nitrogens with zero attached hydrogens (tertiary/aromatic N) is 3. The fourth-order valence-electron chi connectivity index (χ4n) is 4.84. The summed E-state index contributed by atoms with van der Waals surface area (Å²) in [6.07, 6.45) is 3.24. The van der Waals surface area contributed by atoms with Crippen molar-refractivity contribution in [3.63, 3.8) is 0 Å². The first-order chi connectivity index (χ1) is 17.9. The van der Waals surface area contributed by atoms with Crippen LogP contribution in [0.25, 0.3) is 11.1 Å². The number of amides is 1. The maximum absolute atomic E-state index is 13.6. The Labute approximate surface area is 233 Å². The first-order valence-corrected chi connectivity index (χ1v) is 14.0. The molecule has 1 amide bonds. The molecule has 2 atom stereocenters. The molecule has 0 radical (unpaired) electrons. The average Bonchev–Trinajstić information content (AvgIpc) is 3.68. The van der Waals surface area contributed by atoms with E-state index >= 15 is 0 Å².